The maximum Gasteiger partial charge on any atom is 0.266 e. The third-order valence-electron chi connectivity index (χ3n) is 3.82. The number of carbonyl (C=O) groups is 2. The van der Waals surface area contributed by atoms with Gasteiger partial charge in [0.2, 0.25) is 6.33 Å². The van der Waals surface area contributed by atoms with Crippen molar-refractivity contribution in [2.24, 2.45) is 0 Å². The van der Waals surface area contributed by atoms with Crippen molar-refractivity contribution in [3.05, 3.63) is 67.0 Å². The molecule has 0 aliphatic rings. The van der Waals surface area contributed by atoms with Crippen LogP contribution in [0, 0.1) is 0 Å². The lowest BCUT2D eigenvalue weighted by atomic mass is 10.1. The molecule has 0 spiro atoms. The third-order valence-corrected chi connectivity index (χ3v) is 3.82. The number of hydrogen-bond acceptors (Lipinski definition) is 2. The van der Waals surface area contributed by atoms with Crippen LogP contribution in [0.1, 0.15) is 17.3 Å². The van der Waals surface area contributed by atoms with Crippen LogP contribution in [0.4, 0.5) is 5.69 Å². The number of carbonyl (C=O) groups excluding carboxylic acids is 2. The summed E-state index contributed by atoms with van der Waals surface area (Å²) in [4.78, 5) is 23.6. The van der Waals surface area contributed by atoms with E-state index in [1.807, 2.05) is 39.7 Å². The van der Waals surface area contributed by atoms with E-state index >= 15 is 0 Å². The number of anilines is 1. The van der Waals surface area contributed by atoms with Crippen molar-refractivity contribution in [2.45, 2.75) is 13.5 Å². The van der Waals surface area contributed by atoms with Gasteiger partial charge in [0, 0.05) is 11.3 Å². The standard InChI is InChI=1S/C19H17N3O2/c1-3-21-13-22(18-7-5-4-6-17(18)21)12-19(24)20-16-10-8-15(9-11-16)14(2)23/h3-11,13H,1,12H2,2H3/p+1. The van der Waals surface area contributed by atoms with Crippen molar-refractivity contribution in [2.75, 3.05) is 5.32 Å². The molecule has 0 bridgehead atoms. The first-order valence-electron chi connectivity index (χ1n) is 7.61. The van der Waals surface area contributed by atoms with E-state index in [-0.39, 0.29) is 18.2 Å². The van der Waals surface area contributed by atoms with Crippen molar-refractivity contribution in [1.29, 1.82) is 0 Å². The van der Waals surface area contributed by atoms with Gasteiger partial charge in [-0.3, -0.25) is 9.59 Å². The zero-order chi connectivity index (χ0) is 17.1. The SMILES string of the molecule is C=Cn1c[n+](CC(=O)Nc2ccc(C(C)=O)cc2)c2ccccc21. The number of aromatic nitrogens is 2. The fraction of sp³-hybridized carbons (Fsp3) is 0.105. The maximum absolute atomic E-state index is 12.3. The van der Waals surface area contributed by atoms with Crippen LogP contribution in [0.5, 0.6) is 0 Å². The minimum Gasteiger partial charge on any atom is -0.323 e. The molecule has 1 heterocycles. The second-order valence-corrected chi connectivity index (χ2v) is 5.50. The number of nitrogens with one attached hydrogen (secondary N) is 1. The molecular formula is C19H18N3O2+. The van der Waals surface area contributed by atoms with Crippen molar-refractivity contribution in [1.82, 2.24) is 4.57 Å². The molecule has 0 radical (unpaired) electrons. The second kappa shape index (κ2) is 6.50. The van der Waals surface area contributed by atoms with Crippen molar-refractivity contribution < 1.29 is 14.2 Å². The van der Waals surface area contributed by atoms with Gasteiger partial charge in [-0.25, -0.2) is 9.13 Å². The third kappa shape index (κ3) is 3.10. The molecule has 2 aromatic carbocycles. The number of hydrogen-bond donors (Lipinski definition) is 1. The number of imidazole rings is 1. The lowest BCUT2D eigenvalue weighted by Gasteiger charge is -2.04. The van der Waals surface area contributed by atoms with Crippen LogP contribution in [-0.4, -0.2) is 16.3 Å². The molecule has 1 amide bonds. The minimum atomic E-state index is -0.137. The van der Waals surface area contributed by atoms with Crippen LogP contribution in [0.25, 0.3) is 17.2 Å². The highest BCUT2D eigenvalue weighted by Gasteiger charge is 2.16. The van der Waals surface area contributed by atoms with Crippen molar-refractivity contribution in [3.8, 4) is 0 Å². The first-order chi connectivity index (χ1) is 11.6. The largest absolute Gasteiger partial charge is 0.323 e. The topological polar surface area (TPSA) is 55.0 Å². The molecular weight excluding hydrogens is 302 g/mol. The Bertz CT molecular complexity index is 923. The number of nitrogens with zero attached hydrogens (tertiary/aromatic N) is 2. The van der Waals surface area contributed by atoms with Crippen LogP contribution >= 0.6 is 0 Å². The van der Waals surface area contributed by atoms with Gasteiger partial charge in [0.15, 0.2) is 23.4 Å². The van der Waals surface area contributed by atoms with Crippen LogP contribution < -0.4 is 9.88 Å². The van der Waals surface area contributed by atoms with E-state index in [0.717, 1.165) is 11.0 Å². The van der Waals surface area contributed by atoms with Crippen LogP contribution in [-0.2, 0) is 11.3 Å². The average Bonchev–Trinajstić information content (AvgIpc) is 2.93. The summed E-state index contributed by atoms with van der Waals surface area (Å²) in [5.41, 5.74) is 3.24. The number of benzene rings is 2. The minimum absolute atomic E-state index is 0.000617. The molecule has 5 nitrogen and oxygen atoms in total. The number of amides is 1. The Morgan fingerprint density at radius 3 is 2.54 bits per heavy atom. The van der Waals surface area contributed by atoms with Gasteiger partial charge in [-0.05, 0) is 43.3 Å². The smallest absolute Gasteiger partial charge is 0.266 e. The highest BCUT2D eigenvalue weighted by molar-refractivity contribution is 5.95. The van der Waals surface area contributed by atoms with Crippen LogP contribution in [0.3, 0.4) is 0 Å². The summed E-state index contributed by atoms with van der Waals surface area (Å²) >= 11 is 0. The predicted molar refractivity (Wildman–Crippen MR) is 93.6 cm³/mol. The summed E-state index contributed by atoms with van der Waals surface area (Å²) in [6.45, 7) is 5.49. The first-order valence-corrected chi connectivity index (χ1v) is 7.61. The molecule has 5 heteroatoms. The van der Waals surface area contributed by atoms with E-state index in [9.17, 15) is 9.59 Å². The molecule has 0 unspecified atom stereocenters. The molecule has 1 N–H and O–H groups in total. The molecule has 24 heavy (non-hydrogen) atoms. The average molecular weight is 320 g/mol. The molecule has 3 aromatic rings. The number of ketones is 1. The van der Waals surface area contributed by atoms with E-state index in [0.29, 0.717) is 11.3 Å². The van der Waals surface area contributed by atoms with Gasteiger partial charge in [-0.15, -0.1) is 0 Å². The molecule has 3 rings (SSSR count). The van der Waals surface area contributed by atoms with E-state index in [4.69, 9.17) is 0 Å². The Morgan fingerprint density at radius 2 is 1.88 bits per heavy atom. The summed E-state index contributed by atoms with van der Waals surface area (Å²) < 4.78 is 3.75. The van der Waals surface area contributed by atoms with Gasteiger partial charge in [-0.2, -0.15) is 0 Å². The maximum atomic E-state index is 12.3. The van der Waals surface area contributed by atoms with E-state index in [1.54, 1.807) is 30.5 Å². The Hall–Kier alpha value is -3.21. The number of fused-ring (bicyclic) bond motifs is 1. The number of rotatable bonds is 5. The van der Waals surface area contributed by atoms with Crippen LogP contribution in [0.2, 0.25) is 0 Å². The van der Waals surface area contributed by atoms with Crippen molar-refractivity contribution in [3.63, 3.8) is 0 Å². The normalized spacial score (nSPS) is 10.5. The summed E-state index contributed by atoms with van der Waals surface area (Å²) in [5, 5.41) is 2.84. The van der Waals surface area contributed by atoms with Gasteiger partial charge in [0.05, 0.1) is 6.20 Å². The van der Waals surface area contributed by atoms with Gasteiger partial charge in [-0.1, -0.05) is 18.7 Å². The highest BCUT2D eigenvalue weighted by atomic mass is 16.2. The summed E-state index contributed by atoms with van der Waals surface area (Å²) in [7, 11) is 0. The zero-order valence-corrected chi connectivity index (χ0v) is 13.4. The molecule has 0 atom stereocenters. The monoisotopic (exact) mass is 320 g/mol. The molecule has 0 saturated carbocycles. The summed E-state index contributed by atoms with van der Waals surface area (Å²) in [5.74, 6) is -0.136. The lowest BCUT2D eigenvalue weighted by Crippen LogP contribution is -2.39. The number of para-hydroxylation sites is 2. The first kappa shape index (κ1) is 15.7. The van der Waals surface area contributed by atoms with Gasteiger partial charge in [0.25, 0.3) is 5.91 Å². The van der Waals surface area contributed by atoms with Crippen molar-refractivity contribution >= 4 is 34.6 Å². The molecule has 0 saturated heterocycles. The lowest BCUT2D eigenvalue weighted by molar-refractivity contribution is -0.658. The molecule has 0 aliphatic heterocycles. The highest BCUT2D eigenvalue weighted by Crippen LogP contribution is 2.12. The molecule has 0 aliphatic carbocycles. The number of Topliss-reactive ketones (excluding diaryl/α,β-unsaturated/α-hetero) is 1. The fourth-order valence-corrected chi connectivity index (χ4v) is 2.61. The van der Waals surface area contributed by atoms with E-state index < -0.39 is 0 Å². The second-order valence-electron chi connectivity index (χ2n) is 5.50. The van der Waals surface area contributed by atoms with Crippen LogP contribution in [0.15, 0.2) is 61.4 Å². The van der Waals surface area contributed by atoms with Gasteiger partial charge in [0.1, 0.15) is 0 Å². The van der Waals surface area contributed by atoms with E-state index in [2.05, 4.69) is 11.9 Å². The summed E-state index contributed by atoms with van der Waals surface area (Å²) in [6, 6.07) is 14.7. The predicted octanol–water partition coefficient (Wildman–Crippen LogP) is 2.87. The summed E-state index contributed by atoms with van der Waals surface area (Å²) in [6.07, 6.45) is 3.55. The molecule has 0 fully saturated rings. The molecule has 120 valence electrons. The van der Waals surface area contributed by atoms with Gasteiger partial charge < -0.3 is 5.32 Å². The Kier molecular flexibility index (Phi) is 4.24. The quantitative estimate of drug-likeness (QED) is 0.580. The zero-order valence-electron chi connectivity index (χ0n) is 13.4. The Morgan fingerprint density at radius 1 is 1.17 bits per heavy atom. The Labute approximate surface area is 139 Å². The fourth-order valence-electron chi connectivity index (χ4n) is 2.61. The molecule has 1 aromatic heterocycles. The van der Waals surface area contributed by atoms with E-state index in [1.165, 1.54) is 6.92 Å². The Balaban J connectivity index is 1.78. The van der Waals surface area contributed by atoms with Gasteiger partial charge >= 0.3 is 0 Å².